The Labute approximate surface area is 160 Å². The molecule has 2 amide bonds. The molecule has 2 aromatic rings. The molecule has 0 radical (unpaired) electrons. The predicted molar refractivity (Wildman–Crippen MR) is 106 cm³/mol. The van der Waals surface area contributed by atoms with Crippen molar-refractivity contribution >= 4 is 17.5 Å². The van der Waals surface area contributed by atoms with Crippen LogP contribution in [0.25, 0.3) is 0 Å². The highest BCUT2D eigenvalue weighted by atomic mass is 19.1. The third-order valence-corrected chi connectivity index (χ3v) is 4.72. The maximum absolute atomic E-state index is 13.9. The number of rotatable bonds is 7. The highest BCUT2D eigenvalue weighted by Crippen LogP contribution is 2.26. The molecule has 0 aliphatic heterocycles. The molecular weight excluding hydrogens is 343 g/mol. The van der Waals surface area contributed by atoms with E-state index in [0.717, 1.165) is 17.7 Å². The molecular formula is C22H27FN2O2. The highest BCUT2D eigenvalue weighted by molar-refractivity contribution is 6.01. The minimum atomic E-state index is -0.776. The number of nitrogens with one attached hydrogen (secondary N) is 2. The summed E-state index contributed by atoms with van der Waals surface area (Å²) in [5.41, 5.74) is 1.72. The van der Waals surface area contributed by atoms with Crippen LogP contribution < -0.4 is 10.6 Å². The van der Waals surface area contributed by atoms with Crippen LogP contribution in [-0.4, -0.2) is 17.9 Å². The average molecular weight is 370 g/mol. The van der Waals surface area contributed by atoms with E-state index in [4.69, 9.17) is 0 Å². The molecule has 0 saturated carbocycles. The molecule has 2 rings (SSSR count). The lowest BCUT2D eigenvalue weighted by molar-refractivity contribution is -0.118. The summed E-state index contributed by atoms with van der Waals surface area (Å²) in [5, 5.41) is 5.60. The van der Waals surface area contributed by atoms with Crippen LogP contribution in [0.3, 0.4) is 0 Å². The van der Waals surface area contributed by atoms with Crippen molar-refractivity contribution in [1.29, 1.82) is 0 Å². The predicted octanol–water partition coefficient (Wildman–Crippen LogP) is 4.73. The van der Waals surface area contributed by atoms with Crippen molar-refractivity contribution in [3.8, 4) is 0 Å². The first-order valence-electron chi connectivity index (χ1n) is 9.30. The molecule has 2 aromatic carbocycles. The number of benzene rings is 2. The Bertz CT molecular complexity index is 804. The van der Waals surface area contributed by atoms with Crippen LogP contribution in [0.1, 0.15) is 56.0 Å². The van der Waals surface area contributed by atoms with Gasteiger partial charge in [-0.3, -0.25) is 9.59 Å². The van der Waals surface area contributed by atoms with E-state index in [1.165, 1.54) is 18.2 Å². The molecule has 0 fully saturated rings. The zero-order valence-corrected chi connectivity index (χ0v) is 16.3. The van der Waals surface area contributed by atoms with Gasteiger partial charge in [0, 0.05) is 5.69 Å². The van der Waals surface area contributed by atoms with Crippen LogP contribution in [0.4, 0.5) is 10.1 Å². The normalized spacial score (nSPS) is 13.1. The summed E-state index contributed by atoms with van der Waals surface area (Å²) in [6.45, 7) is 7.87. The molecule has 144 valence electrons. The number of hydrogen-bond donors (Lipinski definition) is 2. The number of carbonyl (C=O) groups excluding carboxylic acids is 2. The van der Waals surface area contributed by atoms with E-state index in [0.29, 0.717) is 5.92 Å². The van der Waals surface area contributed by atoms with Crippen molar-refractivity contribution in [2.75, 3.05) is 5.32 Å². The number of anilines is 1. The van der Waals surface area contributed by atoms with E-state index >= 15 is 0 Å². The Hall–Kier alpha value is -2.69. The summed E-state index contributed by atoms with van der Waals surface area (Å²) in [5.74, 6) is -1.38. The van der Waals surface area contributed by atoms with E-state index in [-0.39, 0.29) is 17.4 Å². The third kappa shape index (κ3) is 5.16. The second kappa shape index (κ2) is 9.31. The first kappa shape index (κ1) is 20.6. The topological polar surface area (TPSA) is 58.2 Å². The zero-order valence-electron chi connectivity index (χ0n) is 16.3. The van der Waals surface area contributed by atoms with Gasteiger partial charge >= 0.3 is 0 Å². The minimum absolute atomic E-state index is 0.0732. The number of amides is 2. The van der Waals surface area contributed by atoms with Gasteiger partial charge < -0.3 is 10.6 Å². The Balaban J connectivity index is 2.19. The maximum Gasteiger partial charge on any atom is 0.254 e. The fraction of sp³-hybridized carbons (Fsp3) is 0.364. The van der Waals surface area contributed by atoms with Crippen LogP contribution in [-0.2, 0) is 4.79 Å². The molecule has 0 saturated heterocycles. The molecule has 0 aliphatic rings. The van der Waals surface area contributed by atoms with Crippen LogP contribution in [0, 0.1) is 11.7 Å². The standard InChI is InChI=1S/C22H27FN2O2/c1-5-15(4)16-10-7-9-13-19(16)24-22(27)20(14(2)3)25-21(26)17-11-6-8-12-18(17)23/h6-15,20H,5H2,1-4H3,(H,24,27)(H,25,26)/t15-,20-/m0/s1. The molecule has 0 spiro atoms. The number of para-hydroxylation sites is 1. The van der Waals surface area contributed by atoms with E-state index in [1.807, 2.05) is 38.1 Å². The Kier molecular flexibility index (Phi) is 7.11. The van der Waals surface area contributed by atoms with Crippen molar-refractivity contribution in [3.05, 3.63) is 65.5 Å². The molecule has 4 nitrogen and oxygen atoms in total. The number of halogens is 1. The van der Waals surface area contributed by atoms with Crippen LogP contribution in [0.2, 0.25) is 0 Å². The molecule has 27 heavy (non-hydrogen) atoms. The van der Waals surface area contributed by atoms with Crippen molar-refractivity contribution in [3.63, 3.8) is 0 Å². The minimum Gasteiger partial charge on any atom is -0.340 e. The van der Waals surface area contributed by atoms with Crippen molar-refractivity contribution in [1.82, 2.24) is 5.32 Å². The smallest absolute Gasteiger partial charge is 0.254 e. The molecule has 0 aromatic heterocycles. The summed E-state index contributed by atoms with van der Waals surface area (Å²) < 4.78 is 13.9. The van der Waals surface area contributed by atoms with Crippen molar-refractivity contribution in [2.24, 2.45) is 5.92 Å². The fourth-order valence-corrected chi connectivity index (χ4v) is 2.87. The third-order valence-electron chi connectivity index (χ3n) is 4.72. The van der Waals surface area contributed by atoms with Gasteiger partial charge in [-0.2, -0.15) is 0 Å². The first-order chi connectivity index (χ1) is 12.8. The zero-order chi connectivity index (χ0) is 20.0. The molecule has 5 heteroatoms. The monoisotopic (exact) mass is 370 g/mol. The fourth-order valence-electron chi connectivity index (χ4n) is 2.87. The first-order valence-corrected chi connectivity index (χ1v) is 9.30. The molecule has 0 heterocycles. The molecule has 0 unspecified atom stereocenters. The van der Waals surface area contributed by atoms with E-state index in [9.17, 15) is 14.0 Å². The van der Waals surface area contributed by atoms with Gasteiger partial charge in [-0.25, -0.2) is 4.39 Å². The average Bonchev–Trinajstić information content (AvgIpc) is 2.65. The lowest BCUT2D eigenvalue weighted by Gasteiger charge is -2.23. The summed E-state index contributed by atoms with van der Waals surface area (Å²) in [7, 11) is 0. The van der Waals surface area contributed by atoms with E-state index in [2.05, 4.69) is 24.5 Å². The van der Waals surface area contributed by atoms with Crippen molar-refractivity contribution in [2.45, 2.75) is 46.1 Å². The van der Waals surface area contributed by atoms with Gasteiger partial charge in [0.15, 0.2) is 0 Å². The van der Waals surface area contributed by atoms with Gasteiger partial charge in [0.05, 0.1) is 5.56 Å². The summed E-state index contributed by atoms with van der Waals surface area (Å²) in [6.07, 6.45) is 0.949. The number of carbonyl (C=O) groups is 2. The SMILES string of the molecule is CC[C@H](C)c1ccccc1NC(=O)[C@@H](NC(=O)c1ccccc1F)C(C)C. The van der Waals surface area contributed by atoms with Crippen LogP contribution in [0.5, 0.6) is 0 Å². The number of hydrogen-bond acceptors (Lipinski definition) is 2. The largest absolute Gasteiger partial charge is 0.340 e. The molecule has 2 N–H and O–H groups in total. The Morgan fingerprint density at radius 1 is 1.00 bits per heavy atom. The van der Waals surface area contributed by atoms with Crippen LogP contribution >= 0.6 is 0 Å². The van der Waals surface area contributed by atoms with Gasteiger partial charge in [-0.1, -0.05) is 58.0 Å². The molecule has 2 atom stereocenters. The van der Waals surface area contributed by atoms with Crippen LogP contribution in [0.15, 0.2) is 48.5 Å². The van der Waals surface area contributed by atoms with E-state index in [1.54, 1.807) is 6.07 Å². The lowest BCUT2D eigenvalue weighted by Crippen LogP contribution is -2.47. The quantitative estimate of drug-likeness (QED) is 0.740. The second-order valence-corrected chi connectivity index (χ2v) is 7.06. The van der Waals surface area contributed by atoms with Gasteiger partial charge in [-0.05, 0) is 42.0 Å². The van der Waals surface area contributed by atoms with Gasteiger partial charge in [0.1, 0.15) is 11.9 Å². The summed E-state index contributed by atoms with van der Waals surface area (Å²) in [6, 6.07) is 12.6. The summed E-state index contributed by atoms with van der Waals surface area (Å²) in [4.78, 5) is 25.3. The van der Waals surface area contributed by atoms with Gasteiger partial charge in [-0.15, -0.1) is 0 Å². The maximum atomic E-state index is 13.9. The van der Waals surface area contributed by atoms with Crippen molar-refractivity contribution < 1.29 is 14.0 Å². The molecule has 0 aliphatic carbocycles. The Morgan fingerprint density at radius 2 is 1.63 bits per heavy atom. The Morgan fingerprint density at radius 3 is 2.26 bits per heavy atom. The molecule has 0 bridgehead atoms. The van der Waals surface area contributed by atoms with E-state index < -0.39 is 17.8 Å². The van der Waals surface area contributed by atoms with Gasteiger partial charge in [0.25, 0.3) is 5.91 Å². The van der Waals surface area contributed by atoms with Gasteiger partial charge in [0.2, 0.25) is 5.91 Å². The lowest BCUT2D eigenvalue weighted by atomic mass is 9.96. The second-order valence-electron chi connectivity index (χ2n) is 7.06. The highest BCUT2D eigenvalue weighted by Gasteiger charge is 2.26. The summed E-state index contributed by atoms with van der Waals surface area (Å²) >= 11 is 0.